The Morgan fingerprint density at radius 2 is 2.17 bits per heavy atom. The molecule has 0 radical (unpaired) electrons. The maximum Gasteiger partial charge on any atom is 0.287 e. The summed E-state index contributed by atoms with van der Waals surface area (Å²) in [6.45, 7) is 0. The second kappa shape index (κ2) is 4.97. The molecule has 2 rings (SSSR count). The summed E-state index contributed by atoms with van der Waals surface area (Å²) in [6, 6.07) is 2.97. The minimum atomic E-state index is -0.488. The topological polar surface area (TPSA) is 73.8 Å². The van der Waals surface area contributed by atoms with Crippen LogP contribution < -0.4 is 0 Å². The van der Waals surface area contributed by atoms with Crippen molar-refractivity contribution < 1.29 is 4.92 Å². The quantitative estimate of drug-likeness (QED) is 0.631. The molecular formula is C11H9ClN4O2. The molecule has 0 saturated heterocycles. The van der Waals surface area contributed by atoms with Crippen LogP contribution in [0.15, 0.2) is 24.5 Å². The standard InChI is InChI=1S/C11H9ClN4O2/c1-15-11(10(12)7-14-15)5-3-8-2-4-9(6-13-8)16(17)18/h2-7H,1H3/b5-3+. The molecule has 2 heterocycles. The van der Waals surface area contributed by atoms with E-state index >= 15 is 0 Å². The van der Waals surface area contributed by atoms with E-state index in [1.165, 1.54) is 12.3 Å². The van der Waals surface area contributed by atoms with E-state index in [1.807, 2.05) is 0 Å². The predicted molar refractivity (Wildman–Crippen MR) is 68.0 cm³/mol. The summed E-state index contributed by atoms with van der Waals surface area (Å²) >= 11 is 5.93. The highest BCUT2D eigenvalue weighted by Crippen LogP contribution is 2.17. The summed E-state index contributed by atoms with van der Waals surface area (Å²) in [5, 5.41) is 15.0. The number of aromatic nitrogens is 3. The third kappa shape index (κ3) is 2.54. The van der Waals surface area contributed by atoms with Gasteiger partial charge in [0, 0.05) is 13.1 Å². The van der Waals surface area contributed by atoms with Crippen LogP contribution in [-0.2, 0) is 7.05 Å². The summed E-state index contributed by atoms with van der Waals surface area (Å²) in [5.41, 5.74) is 1.32. The number of halogens is 1. The van der Waals surface area contributed by atoms with Gasteiger partial charge in [0.1, 0.15) is 6.20 Å². The predicted octanol–water partition coefficient (Wildman–Crippen LogP) is 2.55. The lowest BCUT2D eigenvalue weighted by molar-refractivity contribution is -0.385. The van der Waals surface area contributed by atoms with Gasteiger partial charge in [0.25, 0.3) is 5.69 Å². The maximum absolute atomic E-state index is 10.5. The van der Waals surface area contributed by atoms with Crippen molar-refractivity contribution in [1.82, 2.24) is 14.8 Å². The molecule has 0 aliphatic rings. The van der Waals surface area contributed by atoms with E-state index < -0.39 is 4.92 Å². The molecule has 0 atom stereocenters. The highest BCUT2D eigenvalue weighted by Gasteiger charge is 2.05. The van der Waals surface area contributed by atoms with Gasteiger partial charge in [0.05, 0.1) is 27.5 Å². The minimum absolute atomic E-state index is 0.0364. The fourth-order valence-corrected chi connectivity index (χ4v) is 1.61. The lowest BCUT2D eigenvalue weighted by Crippen LogP contribution is -1.92. The van der Waals surface area contributed by atoms with Crippen LogP contribution in [0.1, 0.15) is 11.4 Å². The zero-order valence-corrected chi connectivity index (χ0v) is 10.2. The summed E-state index contributed by atoms with van der Waals surface area (Å²) < 4.78 is 1.63. The van der Waals surface area contributed by atoms with E-state index in [9.17, 15) is 10.1 Å². The zero-order chi connectivity index (χ0) is 13.1. The Balaban J connectivity index is 2.21. The first-order chi connectivity index (χ1) is 8.58. The third-order valence-corrected chi connectivity index (χ3v) is 2.62. The smallest absolute Gasteiger partial charge is 0.267 e. The highest BCUT2D eigenvalue weighted by molar-refractivity contribution is 6.31. The SMILES string of the molecule is Cn1ncc(Cl)c1/C=C/c1ccc([N+](=O)[O-])cn1. The molecule has 0 aliphatic heterocycles. The molecule has 7 heteroatoms. The molecule has 92 valence electrons. The van der Waals surface area contributed by atoms with Crippen molar-refractivity contribution in [3.8, 4) is 0 Å². The Hall–Kier alpha value is -2.21. The van der Waals surface area contributed by atoms with Crippen LogP contribution in [0, 0.1) is 10.1 Å². The van der Waals surface area contributed by atoms with Gasteiger partial charge in [-0.05, 0) is 18.2 Å². The van der Waals surface area contributed by atoms with E-state index in [2.05, 4.69) is 10.1 Å². The van der Waals surface area contributed by atoms with Crippen LogP contribution in [0.5, 0.6) is 0 Å². The van der Waals surface area contributed by atoms with E-state index in [1.54, 1.807) is 36.1 Å². The molecule has 0 amide bonds. The number of nitro groups is 1. The van der Waals surface area contributed by atoms with Gasteiger partial charge in [0.15, 0.2) is 0 Å². The summed E-state index contributed by atoms with van der Waals surface area (Å²) in [5.74, 6) is 0. The molecule has 0 N–H and O–H groups in total. The van der Waals surface area contributed by atoms with Crippen molar-refractivity contribution in [3.63, 3.8) is 0 Å². The number of pyridine rings is 1. The van der Waals surface area contributed by atoms with E-state index in [-0.39, 0.29) is 5.69 Å². The van der Waals surface area contributed by atoms with Crippen LogP contribution >= 0.6 is 11.6 Å². The first-order valence-corrected chi connectivity index (χ1v) is 5.42. The molecule has 0 fully saturated rings. The maximum atomic E-state index is 10.5. The fraction of sp³-hybridized carbons (Fsp3) is 0.0909. The van der Waals surface area contributed by atoms with E-state index in [0.29, 0.717) is 10.7 Å². The van der Waals surface area contributed by atoms with Crippen molar-refractivity contribution in [3.05, 3.63) is 51.1 Å². The Kier molecular flexibility index (Phi) is 3.38. The molecule has 0 bridgehead atoms. The number of aryl methyl sites for hydroxylation is 1. The average molecular weight is 265 g/mol. The van der Waals surface area contributed by atoms with Gasteiger partial charge >= 0.3 is 0 Å². The fourth-order valence-electron chi connectivity index (χ4n) is 1.38. The molecule has 2 aromatic rings. The van der Waals surface area contributed by atoms with Gasteiger partial charge < -0.3 is 0 Å². The summed E-state index contributed by atoms with van der Waals surface area (Å²) in [7, 11) is 1.77. The van der Waals surface area contributed by atoms with Gasteiger partial charge in [-0.15, -0.1) is 0 Å². The van der Waals surface area contributed by atoms with Crippen molar-refractivity contribution in [2.24, 2.45) is 7.05 Å². The molecule has 0 aliphatic carbocycles. The Labute approximate surface area is 108 Å². The monoisotopic (exact) mass is 264 g/mol. The van der Waals surface area contributed by atoms with Crippen LogP contribution in [0.25, 0.3) is 12.2 Å². The largest absolute Gasteiger partial charge is 0.287 e. The van der Waals surface area contributed by atoms with Gasteiger partial charge in [-0.2, -0.15) is 5.10 Å². The molecule has 2 aromatic heterocycles. The molecule has 6 nitrogen and oxygen atoms in total. The van der Waals surface area contributed by atoms with E-state index in [0.717, 1.165) is 5.69 Å². The number of nitrogens with zero attached hydrogens (tertiary/aromatic N) is 4. The zero-order valence-electron chi connectivity index (χ0n) is 9.45. The van der Waals surface area contributed by atoms with Crippen molar-refractivity contribution in [2.75, 3.05) is 0 Å². The first kappa shape index (κ1) is 12.3. The van der Waals surface area contributed by atoms with Crippen LogP contribution in [0.4, 0.5) is 5.69 Å². The summed E-state index contributed by atoms with van der Waals surface area (Å²) in [4.78, 5) is 13.9. The Morgan fingerprint density at radius 1 is 1.39 bits per heavy atom. The molecule has 0 spiro atoms. The van der Waals surface area contributed by atoms with Crippen molar-refractivity contribution >= 4 is 29.4 Å². The van der Waals surface area contributed by atoms with Gasteiger partial charge in [-0.3, -0.25) is 14.8 Å². The van der Waals surface area contributed by atoms with Crippen LogP contribution in [-0.4, -0.2) is 19.7 Å². The molecule has 0 saturated carbocycles. The second-order valence-corrected chi connectivity index (χ2v) is 3.94. The van der Waals surface area contributed by atoms with E-state index in [4.69, 9.17) is 11.6 Å². The number of rotatable bonds is 3. The second-order valence-electron chi connectivity index (χ2n) is 3.53. The Morgan fingerprint density at radius 3 is 2.67 bits per heavy atom. The van der Waals surface area contributed by atoms with Crippen molar-refractivity contribution in [1.29, 1.82) is 0 Å². The average Bonchev–Trinajstić information content (AvgIpc) is 2.67. The normalized spacial score (nSPS) is 11.0. The van der Waals surface area contributed by atoms with Gasteiger partial charge in [0.2, 0.25) is 0 Å². The first-order valence-electron chi connectivity index (χ1n) is 5.04. The number of hydrogen-bond donors (Lipinski definition) is 0. The lowest BCUT2D eigenvalue weighted by Gasteiger charge is -1.96. The van der Waals surface area contributed by atoms with Gasteiger partial charge in [-0.1, -0.05) is 11.6 Å². The number of hydrogen-bond acceptors (Lipinski definition) is 4. The van der Waals surface area contributed by atoms with Crippen molar-refractivity contribution in [2.45, 2.75) is 0 Å². The minimum Gasteiger partial charge on any atom is -0.267 e. The molecule has 0 aromatic carbocycles. The third-order valence-electron chi connectivity index (χ3n) is 2.33. The molecule has 18 heavy (non-hydrogen) atoms. The lowest BCUT2D eigenvalue weighted by atomic mass is 10.3. The molecule has 0 unspecified atom stereocenters. The van der Waals surface area contributed by atoms with Crippen LogP contribution in [0.2, 0.25) is 5.02 Å². The highest BCUT2D eigenvalue weighted by atomic mass is 35.5. The van der Waals surface area contributed by atoms with Crippen LogP contribution in [0.3, 0.4) is 0 Å². The van der Waals surface area contributed by atoms with Gasteiger partial charge in [-0.25, -0.2) is 4.98 Å². The molecular weight excluding hydrogens is 256 g/mol. The Bertz CT molecular complexity index is 585. The summed E-state index contributed by atoms with van der Waals surface area (Å²) in [6.07, 6.45) is 6.23.